The van der Waals surface area contributed by atoms with E-state index in [1.165, 1.54) is 0 Å². The third-order valence-electron chi connectivity index (χ3n) is 7.60. The first-order valence-electron chi connectivity index (χ1n) is 15.5. The lowest BCUT2D eigenvalue weighted by molar-refractivity contribution is -0.143. The van der Waals surface area contributed by atoms with Gasteiger partial charge in [-0.3, -0.25) is 9.59 Å². The van der Waals surface area contributed by atoms with Gasteiger partial charge in [0.2, 0.25) is 11.8 Å². The van der Waals surface area contributed by atoms with Crippen LogP contribution in [-0.4, -0.2) is 64.9 Å². The van der Waals surface area contributed by atoms with E-state index in [2.05, 4.69) is 47.8 Å². The molecule has 0 spiro atoms. The van der Waals surface area contributed by atoms with Gasteiger partial charge in [-0.05, 0) is 109 Å². The maximum Gasteiger partial charge on any atom is 0.408 e. The Balaban J connectivity index is 1.76. The molecule has 2 heterocycles. The van der Waals surface area contributed by atoms with Crippen molar-refractivity contribution in [2.75, 3.05) is 6.61 Å². The fraction of sp³-hybridized carbons (Fsp3) is 0.353. The molecule has 0 aromatic heterocycles. The van der Waals surface area contributed by atoms with Gasteiger partial charge in [0, 0.05) is 19.4 Å². The zero-order chi connectivity index (χ0) is 35.7. The highest BCUT2D eigenvalue weighted by atomic mass is 127. The summed E-state index contributed by atoms with van der Waals surface area (Å²) in [6.45, 7) is 3.83. The molecule has 1 unspecified atom stereocenters. The van der Waals surface area contributed by atoms with E-state index in [0.717, 1.165) is 12.0 Å². The Morgan fingerprint density at radius 1 is 1.04 bits per heavy atom. The van der Waals surface area contributed by atoms with Gasteiger partial charge in [-0.25, -0.2) is 9.59 Å². The molecule has 0 radical (unpaired) electrons. The maximum absolute atomic E-state index is 14.0. The number of halogens is 3. The number of carboxylic acid groups (broad SMARTS) is 1. The summed E-state index contributed by atoms with van der Waals surface area (Å²) in [4.78, 5) is 53.1. The van der Waals surface area contributed by atoms with E-state index >= 15 is 0 Å². The van der Waals surface area contributed by atoms with E-state index in [1.807, 2.05) is 35.6 Å². The van der Waals surface area contributed by atoms with Crippen LogP contribution in [0.4, 0.5) is 4.79 Å². The van der Waals surface area contributed by atoms with Crippen molar-refractivity contribution in [3.05, 3.63) is 83.8 Å². The van der Waals surface area contributed by atoms with Crippen LogP contribution in [0.2, 0.25) is 0 Å². The first-order valence-corrected chi connectivity index (χ1v) is 18.1. The smallest absolute Gasteiger partial charge is 0.408 e. The highest BCUT2D eigenvalue weighted by Crippen LogP contribution is 2.42. The van der Waals surface area contributed by atoms with Crippen molar-refractivity contribution in [1.29, 1.82) is 0 Å². The molecule has 4 atom stereocenters. The molecular weight excluding hydrogens is 881 g/mol. The molecule has 3 aromatic carbocycles. The molecule has 5 rings (SSSR count). The van der Waals surface area contributed by atoms with E-state index < -0.39 is 48.1 Å². The highest BCUT2D eigenvalue weighted by molar-refractivity contribution is 14.1. The van der Waals surface area contributed by atoms with Crippen LogP contribution >= 0.6 is 54.5 Å². The Bertz CT molecular complexity index is 1660. The Hall–Kier alpha value is -3.41. The van der Waals surface area contributed by atoms with E-state index in [-0.39, 0.29) is 30.9 Å². The topological polar surface area (TPSA) is 173 Å². The molecule has 0 saturated heterocycles. The number of amides is 3. The quantitative estimate of drug-likeness (QED) is 0.128. The summed E-state index contributed by atoms with van der Waals surface area (Å²) >= 11 is 8.89. The van der Waals surface area contributed by atoms with Crippen LogP contribution in [0.5, 0.6) is 17.2 Å². The monoisotopic (exact) mass is 915 g/mol. The number of alkyl carbamates (subject to hydrolysis) is 1. The summed E-state index contributed by atoms with van der Waals surface area (Å²) in [7, 11) is 0. The first kappa shape index (κ1) is 38.4. The van der Waals surface area contributed by atoms with Gasteiger partial charge in [0.25, 0.3) is 0 Å². The van der Waals surface area contributed by atoms with Crippen molar-refractivity contribution in [3.63, 3.8) is 0 Å². The van der Waals surface area contributed by atoms with Gasteiger partial charge in [-0.15, -0.1) is 0 Å². The van der Waals surface area contributed by atoms with Gasteiger partial charge in [0.15, 0.2) is 17.2 Å². The molecule has 2 aliphatic rings. The number of rotatable bonds is 9. The average molecular weight is 917 g/mol. The Kier molecular flexibility index (Phi) is 14.1. The lowest BCUT2D eigenvalue weighted by atomic mass is 10.0. The molecule has 3 amide bonds. The third-order valence-corrected chi connectivity index (χ3v) is 9.60. The molecule has 12 nitrogen and oxygen atoms in total. The van der Waals surface area contributed by atoms with Crippen molar-refractivity contribution < 1.29 is 43.6 Å². The number of aromatic hydroxyl groups is 1. The summed E-state index contributed by atoms with van der Waals surface area (Å²) < 4.78 is 18.7. The number of phenols is 1. The molecular formula is C34H36Br2IN3O9. The fourth-order valence-corrected chi connectivity index (χ4v) is 7.08. The fourth-order valence-electron chi connectivity index (χ4n) is 4.97. The van der Waals surface area contributed by atoms with Gasteiger partial charge in [-0.2, -0.15) is 0 Å². The van der Waals surface area contributed by atoms with Crippen LogP contribution in [0.1, 0.15) is 43.4 Å². The molecule has 5 N–H and O–H groups in total. The summed E-state index contributed by atoms with van der Waals surface area (Å²) in [6.07, 6.45) is -0.431. The van der Waals surface area contributed by atoms with Crippen LogP contribution in [0.15, 0.2) is 63.5 Å². The zero-order valence-electron chi connectivity index (χ0n) is 26.6. The lowest BCUT2D eigenvalue weighted by Gasteiger charge is -2.28. The van der Waals surface area contributed by atoms with E-state index in [9.17, 15) is 29.4 Å². The second kappa shape index (κ2) is 18.0. The predicted octanol–water partition coefficient (Wildman–Crippen LogP) is 5.97. The van der Waals surface area contributed by atoms with Gasteiger partial charge in [0.1, 0.15) is 24.7 Å². The van der Waals surface area contributed by atoms with Gasteiger partial charge >= 0.3 is 12.1 Å². The number of carboxylic acids is 1. The standard InChI is InChI=1S/C34H36Br2IN3O9/c1-3-4-10-47-18(2)28-32(43)38-26(33(44)45)15-20-11-22(35)30(23(36)12-20)49-27-16-21(13-24(37)29(27)41)14-25(31(42)40-28)39-34(46)48-17-19-8-6-5-7-9-19/h5-9,11-13,16,18,25-26,28,41H,3-4,10,14-15,17H2,1-2H3,(H,38,43)(H,39,46)(H,40,42)(H,44,45)/t18?,25-,26-,28-/m0/s1. The van der Waals surface area contributed by atoms with E-state index in [1.54, 1.807) is 55.5 Å². The van der Waals surface area contributed by atoms with Crippen LogP contribution in [0, 0.1) is 3.57 Å². The largest absolute Gasteiger partial charge is 0.504 e. The van der Waals surface area contributed by atoms with Crippen molar-refractivity contribution in [2.24, 2.45) is 0 Å². The van der Waals surface area contributed by atoms with Crippen LogP contribution in [0.3, 0.4) is 0 Å². The molecule has 4 bridgehead atoms. The normalized spacial score (nSPS) is 18.8. The summed E-state index contributed by atoms with van der Waals surface area (Å²) in [5, 5.41) is 28.8. The lowest BCUT2D eigenvalue weighted by Crippen LogP contribution is -2.60. The minimum atomic E-state index is -1.38. The van der Waals surface area contributed by atoms with Crippen LogP contribution in [-0.2, 0) is 43.3 Å². The molecule has 2 aliphatic heterocycles. The van der Waals surface area contributed by atoms with Crippen molar-refractivity contribution >= 4 is 78.3 Å². The minimum absolute atomic E-state index is 0.0531. The van der Waals surface area contributed by atoms with Gasteiger partial charge in [0.05, 0.1) is 18.6 Å². The number of carbonyl (C=O) groups excluding carboxylic acids is 3. The number of hydrogen-bond donors (Lipinski definition) is 5. The van der Waals surface area contributed by atoms with Gasteiger partial charge in [-0.1, -0.05) is 43.7 Å². The number of aliphatic carboxylic acids is 1. The number of unbranched alkanes of at least 4 members (excludes halogenated alkanes) is 1. The number of hydrogen-bond acceptors (Lipinski definition) is 8. The predicted molar refractivity (Wildman–Crippen MR) is 196 cm³/mol. The molecule has 262 valence electrons. The Morgan fingerprint density at radius 3 is 2.37 bits per heavy atom. The summed E-state index contributed by atoms with van der Waals surface area (Å²) in [6, 6.07) is 11.5. The number of nitrogens with one attached hydrogen (secondary N) is 3. The molecule has 0 fully saturated rings. The number of phenolic OH excluding ortho intramolecular Hbond substituents is 1. The van der Waals surface area contributed by atoms with Gasteiger partial charge < -0.3 is 40.4 Å². The molecule has 15 heteroatoms. The van der Waals surface area contributed by atoms with E-state index in [4.69, 9.17) is 14.2 Å². The highest BCUT2D eigenvalue weighted by Gasteiger charge is 2.34. The van der Waals surface area contributed by atoms with Crippen molar-refractivity contribution in [1.82, 2.24) is 16.0 Å². The van der Waals surface area contributed by atoms with Crippen molar-refractivity contribution in [2.45, 2.75) is 70.4 Å². The zero-order valence-corrected chi connectivity index (χ0v) is 32.0. The second-order valence-corrected chi connectivity index (χ2v) is 14.3. The number of ether oxygens (including phenoxy) is 3. The Labute approximate surface area is 314 Å². The van der Waals surface area contributed by atoms with E-state index in [0.29, 0.717) is 42.4 Å². The SMILES string of the molecule is CCCCOC(C)[C@@H]1NC(=O)[C@@H](NC(=O)OCc2ccccc2)Cc2cc(I)c(O)c(c2)Oc2c(Br)cc(cc2Br)C[C@@H](C(=O)O)NC1=O. The summed E-state index contributed by atoms with van der Waals surface area (Å²) in [5.74, 6) is -2.61. The minimum Gasteiger partial charge on any atom is -0.504 e. The molecule has 0 saturated carbocycles. The molecule has 3 aromatic rings. The summed E-state index contributed by atoms with van der Waals surface area (Å²) in [5.41, 5.74) is 1.79. The molecule has 0 aliphatic carbocycles. The molecule has 49 heavy (non-hydrogen) atoms. The number of benzene rings is 3. The second-order valence-electron chi connectivity index (χ2n) is 11.4. The number of fused-ring (bicyclic) bond motifs is 10. The maximum atomic E-state index is 14.0. The third kappa shape index (κ3) is 10.8. The van der Waals surface area contributed by atoms with Crippen LogP contribution < -0.4 is 20.7 Å². The number of carbonyl (C=O) groups is 4. The first-order chi connectivity index (χ1) is 23.4. The van der Waals surface area contributed by atoms with Crippen molar-refractivity contribution in [3.8, 4) is 17.2 Å². The average Bonchev–Trinajstić information content (AvgIpc) is 3.05. The Morgan fingerprint density at radius 2 is 1.71 bits per heavy atom. The van der Waals surface area contributed by atoms with Crippen LogP contribution in [0.25, 0.3) is 0 Å².